The van der Waals surface area contributed by atoms with Gasteiger partial charge in [0.25, 0.3) is 0 Å². The van der Waals surface area contributed by atoms with Gasteiger partial charge in [-0.15, -0.1) is 5.10 Å². The summed E-state index contributed by atoms with van der Waals surface area (Å²) in [5.74, 6) is 0. The predicted molar refractivity (Wildman–Crippen MR) is 62.8 cm³/mol. The molecular weight excluding hydrogens is 234 g/mol. The van der Waals surface area contributed by atoms with E-state index in [1.807, 2.05) is 30.3 Å². The van der Waals surface area contributed by atoms with Crippen LogP contribution in [-0.4, -0.2) is 28.3 Å². The van der Waals surface area contributed by atoms with Crippen molar-refractivity contribution in [1.29, 1.82) is 0 Å². The van der Waals surface area contributed by atoms with Crippen LogP contribution in [0.3, 0.4) is 0 Å². The van der Waals surface area contributed by atoms with Gasteiger partial charge in [-0.1, -0.05) is 35.5 Å². The van der Waals surface area contributed by atoms with Gasteiger partial charge < -0.3 is 9.47 Å². The number of aromatic nitrogens is 3. The molecule has 0 aliphatic rings. The molecule has 0 N–H and O–H groups in total. The molecule has 0 unspecified atom stereocenters. The second-order valence-corrected chi connectivity index (χ2v) is 3.64. The molecule has 0 amide bonds. The summed E-state index contributed by atoms with van der Waals surface area (Å²) in [6, 6.07) is 9.90. The molecule has 0 atom stereocenters. The number of benzene rings is 1. The first-order chi connectivity index (χ1) is 8.78. The average Bonchev–Trinajstić information content (AvgIpc) is 2.85. The highest BCUT2D eigenvalue weighted by atomic mass is 16.7. The maximum Gasteiger partial charge on any atom is 0.508 e. The standard InChI is InChI=1S/C12H13N3O3/c1-17-12(16)18-9-11-8-15(14-13-11)7-10-5-3-2-4-6-10/h2-6,8H,7,9H2,1H3. The van der Waals surface area contributed by atoms with Gasteiger partial charge >= 0.3 is 6.16 Å². The minimum Gasteiger partial charge on any atom is -0.438 e. The first kappa shape index (κ1) is 12.1. The Bertz CT molecular complexity index is 510. The summed E-state index contributed by atoms with van der Waals surface area (Å²) >= 11 is 0. The van der Waals surface area contributed by atoms with Crippen LogP contribution < -0.4 is 0 Å². The third kappa shape index (κ3) is 3.31. The zero-order valence-corrected chi connectivity index (χ0v) is 9.94. The van der Waals surface area contributed by atoms with Crippen molar-refractivity contribution in [2.24, 2.45) is 0 Å². The van der Waals surface area contributed by atoms with Crippen molar-refractivity contribution in [1.82, 2.24) is 15.0 Å². The van der Waals surface area contributed by atoms with Crippen LogP contribution in [0, 0.1) is 0 Å². The van der Waals surface area contributed by atoms with Crippen molar-refractivity contribution >= 4 is 6.16 Å². The molecule has 0 radical (unpaired) electrons. The first-order valence-electron chi connectivity index (χ1n) is 5.41. The molecule has 2 aromatic rings. The highest BCUT2D eigenvalue weighted by molar-refractivity contribution is 5.59. The maximum atomic E-state index is 10.8. The van der Waals surface area contributed by atoms with E-state index >= 15 is 0 Å². The largest absolute Gasteiger partial charge is 0.508 e. The number of nitrogens with zero attached hydrogens (tertiary/aromatic N) is 3. The molecule has 0 aliphatic heterocycles. The molecule has 1 aromatic carbocycles. The van der Waals surface area contributed by atoms with Crippen LogP contribution in [0.5, 0.6) is 0 Å². The Morgan fingerprint density at radius 3 is 2.83 bits per heavy atom. The number of hydrogen-bond acceptors (Lipinski definition) is 5. The predicted octanol–water partition coefficient (Wildman–Crippen LogP) is 1.61. The summed E-state index contributed by atoms with van der Waals surface area (Å²) in [4.78, 5) is 10.8. The van der Waals surface area contributed by atoms with Crippen molar-refractivity contribution in [3.63, 3.8) is 0 Å². The maximum absolute atomic E-state index is 10.8. The van der Waals surface area contributed by atoms with E-state index in [1.54, 1.807) is 10.9 Å². The second-order valence-electron chi connectivity index (χ2n) is 3.64. The quantitative estimate of drug-likeness (QED) is 0.768. The van der Waals surface area contributed by atoms with E-state index in [0.29, 0.717) is 12.2 Å². The third-order valence-electron chi connectivity index (χ3n) is 2.28. The lowest BCUT2D eigenvalue weighted by molar-refractivity contribution is 0.0659. The van der Waals surface area contributed by atoms with Crippen molar-refractivity contribution < 1.29 is 14.3 Å². The van der Waals surface area contributed by atoms with E-state index in [1.165, 1.54) is 7.11 Å². The number of carbonyl (C=O) groups is 1. The SMILES string of the molecule is COC(=O)OCc1cn(Cc2ccccc2)nn1. The van der Waals surface area contributed by atoms with Gasteiger partial charge in [0.2, 0.25) is 0 Å². The van der Waals surface area contributed by atoms with Crippen molar-refractivity contribution in [2.75, 3.05) is 7.11 Å². The highest BCUT2D eigenvalue weighted by Crippen LogP contribution is 2.03. The van der Waals surface area contributed by atoms with Gasteiger partial charge in [0, 0.05) is 0 Å². The minimum atomic E-state index is -0.729. The van der Waals surface area contributed by atoms with Crippen LogP contribution >= 0.6 is 0 Å². The van der Waals surface area contributed by atoms with Crippen LogP contribution in [0.1, 0.15) is 11.3 Å². The Balaban J connectivity index is 1.92. The number of hydrogen-bond donors (Lipinski definition) is 0. The lowest BCUT2D eigenvalue weighted by Crippen LogP contribution is -2.04. The second kappa shape index (κ2) is 5.81. The molecule has 0 saturated heterocycles. The monoisotopic (exact) mass is 247 g/mol. The van der Waals surface area contributed by atoms with E-state index in [2.05, 4.69) is 15.0 Å². The van der Waals surface area contributed by atoms with Crippen LogP contribution in [0.2, 0.25) is 0 Å². The molecule has 0 spiro atoms. The molecule has 0 fully saturated rings. The fraction of sp³-hybridized carbons (Fsp3) is 0.250. The molecule has 0 saturated carbocycles. The molecule has 1 aromatic heterocycles. The Hall–Kier alpha value is -2.37. The molecule has 6 heteroatoms. The fourth-order valence-electron chi connectivity index (χ4n) is 1.44. The fourth-order valence-corrected chi connectivity index (χ4v) is 1.44. The minimum absolute atomic E-state index is 0.0570. The van der Waals surface area contributed by atoms with E-state index in [9.17, 15) is 4.79 Å². The normalized spacial score (nSPS) is 10.1. The smallest absolute Gasteiger partial charge is 0.438 e. The van der Waals surface area contributed by atoms with Crippen LogP contribution in [0.25, 0.3) is 0 Å². The van der Waals surface area contributed by atoms with E-state index in [-0.39, 0.29) is 6.61 Å². The summed E-state index contributed by atoms with van der Waals surface area (Å²) in [6.07, 6.45) is 1.00. The summed E-state index contributed by atoms with van der Waals surface area (Å²) in [6.45, 7) is 0.688. The molecule has 6 nitrogen and oxygen atoms in total. The molecule has 0 bridgehead atoms. The Kier molecular flexibility index (Phi) is 3.90. The highest BCUT2D eigenvalue weighted by Gasteiger charge is 2.05. The molecule has 0 aliphatic carbocycles. The topological polar surface area (TPSA) is 66.2 Å². The third-order valence-corrected chi connectivity index (χ3v) is 2.28. The van der Waals surface area contributed by atoms with Crippen LogP contribution in [0.4, 0.5) is 4.79 Å². The van der Waals surface area contributed by atoms with Gasteiger partial charge in [-0.05, 0) is 5.56 Å². The first-order valence-corrected chi connectivity index (χ1v) is 5.41. The Morgan fingerprint density at radius 2 is 2.11 bits per heavy atom. The van der Waals surface area contributed by atoms with Crippen molar-refractivity contribution in [3.8, 4) is 0 Å². The zero-order chi connectivity index (χ0) is 12.8. The van der Waals surface area contributed by atoms with Crippen molar-refractivity contribution in [3.05, 3.63) is 47.8 Å². The Morgan fingerprint density at radius 1 is 1.33 bits per heavy atom. The van der Waals surface area contributed by atoms with E-state index in [4.69, 9.17) is 4.74 Å². The summed E-state index contributed by atoms with van der Waals surface area (Å²) in [5.41, 5.74) is 1.71. The summed E-state index contributed by atoms with van der Waals surface area (Å²) in [5, 5.41) is 7.85. The molecule has 1 heterocycles. The summed E-state index contributed by atoms with van der Waals surface area (Å²) < 4.78 is 10.8. The van der Waals surface area contributed by atoms with Gasteiger partial charge in [0.1, 0.15) is 12.3 Å². The number of ether oxygens (including phenoxy) is 2. The van der Waals surface area contributed by atoms with Gasteiger partial charge in [0.05, 0.1) is 19.9 Å². The van der Waals surface area contributed by atoms with Gasteiger partial charge in [-0.3, -0.25) is 0 Å². The van der Waals surface area contributed by atoms with Crippen molar-refractivity contribution in [2.45, 2.75) is 13.2 Å². The lowest BCUT2D eigenvalue weighted by Gasteiger charge is -2.00. The van der Waals surface area contributed by atoms with E-state index < -0.39 is 6.16 Å². The van der Waals surface area contributed by atoms with Gasteiger partial charge in [0.15, 0.2) is 0 Å². The average molecular weight is 247 g/mol. The summed E-state index contributed by atoms with van der Waals surface area (Å²) in [7, 11) is 1.26. The zero-order valence-electron chi connectivity index (χ0n) is 9.94. The molecular formula is C12H13N3O3. The number of rotatable bonds is 4. The lowest BCUT2D eigenvalue weighted by atomic mass is 10.2. The number of methoxy groups -OCH3 is 1. The molecule has 18 heavy (non-hydrogen) atoms. The Labute approximate surface area is 104 Å². The molecule has 94 valence electrons. The van der Waals surface area contributed by atoms with Gasteiger partial charge in [-0.25, -0.2) is 9.48 Å². The van der Waals surface area contributed by atoms with Crippen LogP contribution in [-0.2, 0) is 22.6 Å². The van der Waals surface area contributed by atoms with Gasteiger partial charge in [-0.2, -0.15) is 0 Å². The van der Waals surface area contributed by atoms with Crippen LogP contribution in [0.15, 0.2) is 36.5 Å². The number of carbonyl (C=O) groups excluding carboxylic acids is 1. The van der Waals surface area contributed by atoms with E-state index in [0.717, 1.165) is 5.56 Å². The molecule has 2 rings (SSSR count).